The average molecular weight is 263 g/mol. The summed E-state index contributed by atoms with van der Waals surface area (Å²) in [6.07, 6.45) is 8.38. The average Bonchev–Trinajstić information content (AvgIpc) is 2.27. The second-order valence-corrected chi connectivity index (χ2v) is 10.3. The molecule has 96 valence electrons. The maximum absolute atomic E-state index is 6.46. The van der Waals surface area contributed by atoms with Crippen LogP contribution in [0.5, 0.6) is 0 Å². The first-order valence-corrected chi connectivity index (χ1v) is 10.5. The van der Waals surface area contributed by atoms with Gasteiger partial charge in [0.1, 0.15) is 0 Å². The monoisotopic (exact) mass is 262 g/mol. The molecule has 2 unspecified atom stereocenters. The van der Waals surface area contributed by atoms with Crippen LogP contribution in [-0.2, 0) is 4.43 Å². The molecule has 0 spiro atoms. The van der Waals surface area contributed by atoms with E-state index in [0.29, 0.717) is 6.10 Å². The van der Waals surface area contributed by atoms with Crippen LogP contribution in [-0.4, -0.2) is 20.3 Å². The van der Waals surface area contributed by atoms with E-state index in [-0.39, 0.29) is 0 Å². The molecule has 1 fully saturated rings. The minimum atomic E-state index is -1.45. The molecular weight excluding hydrogens is 236 g/mol. The SMILES string of the molecule is CCC1CCCCC1O[Si](C)(C)CCCCl. The summed E-state index contributed by atoms with van der Waals surface area (Å²) in [7, 11) is -1.45. The van der Waals surface area contributed by atoms with Crippen molar-refractivity contribution < 1.29 is 4.43 Å². The topological polar surface area (TPSA) is 9.23 Å². The molecule has 16 heavy (non-hydrogen) atoms. The largest absolute Gasteiger partial charge is 0.414 e. The van der Waals surface area contributed by atoms with Gasteiger partial charge < -0.3 is 4.43 Å². The van der Waals surface area contributed by atoms with Crippen LogP contribution < -0.4 is 0 Å². The smallest absolute Gasteiger partial charge is 0.187 e. The highest BCUT2D eigenvalue weighted by Gasteiger charge is 2.31. The van der Waals surface area contributed by atoms with Gasteiger partial charge in [-0.3, -0.25) is 0 Å². The quantitative estimate of drug-likeness (QED) is 0.493. The summed E-state index contributed by atoms with van der Waals surface area (Å²) < 4.78 is 6.46. The minimum absolute atomic E-state index is 0.552. The fourth-order valence-electron chi connectivity index (χ4n) is 2.76. The van der Waals surface area contributed by atoms with Crippen molar-refractivity contribution in [2.75, 3.05) is 5.88 Å². The van der Waals surface area contributed by atoms with Gasteiger partial charge in [0.25, 0.3) is 0 Å². The van der Waals surface area contributed by atoms with Crippen LogP contribution in [0.4, 0.5) is 0 Å². The molecule has 0 saturated heterocycles. The lowest BCUT2D eigenvalue weighted by molar-refractivity contribution is 0.0823. The van der Waals surface area contributed by atoms with Crippen molar-refractivity contribution in [3.8, 4) is 0 Å². The lowest BCUT2D eigenvalue weighted by Crippen LogP contribution is -2.40. The molecule has 0 aliphatic heterocycles. The molecule has 3 heteroatoms. The van der Waals surface area contributed by atoms with E-state index in [1.165, 1.54) is 38.1 Å². The first-order valence-electron chi connectivity index (χ1n) is 6.83. The summed E-state index contributed by atoms with van der Waals surface area (Å²) in [6.45, 7) is 7.00. The number of rotatable bonds is 6. The van der Waals surface area contributed by atoms with Gasteiger partial charge in [-0.25, -0.2) is 0 Å². The molecule has 0 aromatic heterocycles. The van der Waals surface area contributed by atoms with Gasteiger partial charge in [-0.15, -0.1) is 11.6 Å². The number of alkyl halides is 1. The van der Waals surface area contributed by atoms with Crippen LogP contribution in [0, 0.1) is 5.92 Å². The van der Waals surface area contributed by atoms with E-state index in [4.69, 9.17) is 16.0 Å². The molecule has 0 aromatic carbocycles. The molecule has 0 aromatic rings. The first kappa shape index (κ1) is 14.5. The Kier molecular flexibility index (Phi) is 6.38. The van der Waals surface area contributed by atoms with E-state index in [0.717, 1.165) is 18.2 Å². The van der Waals surface area contributed by atoms with Gasteiger partial charge in [-0.05, 0) is 44.3 Å². The van der Waals surface area contributed by atoms with E-state index in [2.05, 4.69) is 20.0 Å². The Labute approximate surface area is 107 Å². The fourth-order valence-corrected chi connectivity index (χ4v) is 5.39. The third-order valence-electron chi connectivity index (χ3n) is 3.75. The van der Waals surface area contributed by atoms with Gasteiger partial charge in [0.2, 0.25) is 0 Å². The Morgan fingerprint density at radius 1 is 1.25 bits per heavy atom. The Balaban J connectivity index is 2.43. The van der Waals surface area contributed by atoms with E-state index >= 15 is 0 Å². The predicted octanol–water partition coefficient (Wildman–Crippen LogP) is 4.81. The van der Waals surface area contributed by atoms with Gasteiger partial charge in [0, 0.05) is 12.0 Å². The highest BCUT2D eigenvalue weighted by atomic mass is 35.5. The third kappa shape index (κ3) is 4.76. The molecular formula is C13H27ClOSi. The second kappa shape index (κ2) is 7.02. The zero-order chi connectivity index (χ0) is 12.0. The fraction of sp³-hybridized carbons (Fsp3) is 1.00. The molecule has 1 rings (SSSR count). The zero-order valence-corrected chi connectivity index (χ0v) is 12.9. The van der Waals surface area contributed by atoms with Crippen molar-refractivity contribution in [3.63, 3.8) is 0 Å². The molecule has 2 atom stereocenters. The van der Waals surface area contributed by atoms with E-state index in [9.17, 15) is 0 Å². The molecule has 1 aliphatic carbocycles. The van der Waals surface area contributed by atoms with Crippen molar-refractivity contribution >= 4 is 19.9 Å². The minimum Gasteiger partial charge on any atom is -0.414 e. The van der Waals surface area contributed by atoms with Crippen molar-refractivity contribution in [2.45, 2.75) is 70.7 Å². The highest BCUT2D eigenvalue weighted by Crippen LogP contribution is 2.32. The molecule has 0 bridgehead atoms. The number of hydrogen-bond donors (Lipinski definition) is 0. The summed E-state index contributed by atoms with van der Waals surface area (Å²) in [5.41, 5.74) is 0. The standard InChI is InChI=1S/C13H27ClOSi/c1-4-12-8-5-6-9-13(12)15-16(2,3)11-7-10-14/h12-13H,4-11H2,1-3H3. The van der Waals surface area contributed by atoms with Crippen molar-refractivity contribution in [1.82, 2.24) is 0 Å². The van der Waals surface area contributed by atoms with Crippen molar-refractivity contribution in [3.05, 3.63) is 0 Å². The summed E-state index contributed by atoms with van der Waals surface area (Å²) >= 11 is 5.77. The molecule has 0 N–H and O–H groups in total. The Hall–Kier alpha value is 0.467. The van der Waals surface area contributed by atoms with Crippen LogP contribution in [0.15, 0.2) is 0 Å². The summed E-state index contributed by atoms with van der Waals surface area (Å²) in [4.78, 5) is 0. The third-order valence-corrected chi connectivity index (χ3v) is 6.51. The van der Waals surface area contributed by atoms with Gasteiger partial charge in [0.15, 0.2) is 8.32 Å². The van der Waals surface area contributed by atoms with Crippen molar-refractivity contribution in [2.24, 2.45) is 5.92 Å². The van der Waals surface area contributed by atoms with Gasteiger partial charge in [-0.2, -0.15) is 0 Å². The van der Waals surface area contributed by atoms with Crippen LogP contribution in [0.25, 0.3) is 0 Å². The molecule has 1 nitrogen and oxygen atoms in total. The van der Waals surface area contributed by atoms with Gasteiger partial charge in [-0.1, -0.05) is 26.2 Å². The van der Waals surface area contributed by atoms with E-state index in [1.54, 1.807) is 0 Å². The maximum Gasteiger partial charge on any atom is 0.187 e. The molecule has 0 radical (unpaired) electrons. The predicted molar refractivity (Wildman–Crippen MR) is 74.7 cm³/mol. The molecule has 1 saturated carbocycles. The second-order valence-electron chi connectivity index (χ2n) is 5.66. The molecule has 0 amide bonds. The van der Waals surface area contributed by atoms with Crippen LogP contribution in [0.1, 0.15) is 45.4 Å². The Morgan fingerprint density at radius 3 is 2.56 bits per heavy atom. The van der Waals surface area contributed by atoms with E-state index < -0.39 is 8.32 Å². The molecule has 0 heterocycles. The van der Waals surface area contributed by atoms with Gasteiger partial charge in [0.05, 0.1) is 0 Å². The van der Waals surface area contributed by atoms with Gasteiger partial charge >= 0.3 is 0 Å². The lowest BCUT2D eigenvalue weighted by atomic mass is 9.85. The first-order chi connectivity index (χ1) is 7.59. The number of halogens is 1. The molecule has 1 aliphatic rings. The summed E-state index contributed by atoms with van der Waals surface area (Å²) in [5.74, 6) is 1.60. The zero-order valence-electron chi connectivity index (χ0n) is 11.1. The Morgan fingerprint density at radius 2 is 1.94 bits per heavy atom. The maximum atomic E-state index is 6.46. The number of hydrogen-bond acceptors (Lipinski definition) is 1. The lowest BCUT2D eigenvalue weighted by Gasteiger charge is -2.37. The highest BCUT2D eigenvalue weighted by molar-refractivity contribution is 6.71. The summed E-state index contributed by atoms with van der Waals surface area (Å²) in [6, 6.07) is 1.21. The van der Waals surface area contributed by atoms with Crippen LogP contribution in [0.3, 0.4) is 0 Å². The van der Waals surface area contributed by atoms with Crippen LogP contribution >= 0.6 is 11.6 Å². The van der Waals surface area contributed by atoms with E-state index in [1.807, 2.05) is 0 Å². The van der Waals surface area contributed by atoms with Crippen LogP contribution in [0.2, 0.25) is 19.1 Å². The summed E-state index contributed by atoms with van der Waals surface area (Å²) in [5, 5.41) is 0. The van der Waals surface area contributed by atoms with Crippen molar-refractivity contribution in [1.29, 1.82) is 0 Å². The normalized spacial score (nSPS) is 27.0. The Bertz CT molecular complexity index is 196.